The molecule has 6 heterocycles. The van der Waals surface area contributed by atoms with Gasteiger partial charge in [0.25, 0.3) is 0 Å². The number of phenolic OH excluding ortho intramolecular Hbond substituents is 4. The number of nitrogens with zero attached hydrogens (tertiary/aromatic N) is 6. The first-order valence-electron chi connectivity index (χ1n) is 25.9. The maximum absolute atomic E-state index is 11.0. The number of phenols is 4. The van der Waals surface area contributed by atoms with E-state index in [0.717, 1.165) is 71.3 Å². The van der Waals surface area contributed by atoms with Gasteiger partial charge in [-0.3, -0.25) is 15.0 Å². The number of aryl methyl sites for hydroxylation is 3. The molecule has 0 aliphatic heterocycles. The summed E-state index contributed by atoms with van der Waals surface area (Å²) in [5, 5.41) is 56.9. The van der Waals surface area contributed by atoms with Gasteiger partial charge in [-0.25, -0.2) is 15.0 Å². The molecule has 0 saturated heterocycles. The van der Waals surface area contributed by atoms with Crippen LogP contribution in [0.15, 0.2) is 224 Å². The van der Waals surface area contributed by atoms with Crippen LogP contribution < -0.4 is 16.0 Å². The standard InChI is InChI=1S/C23H21N3O2.C22H18ClN3O.C21H16BrN3O/c1-14-5-8-19(27)18(12-14)22(26-20-13-15(2)9-11-24-20)17-7-6-16-4-3-10-25-21(16)23(17)28;1-14-4-2-6-19(25-14)26-20(16-7-10-17(23)11-8-16)18-12-9-15-5-3-13-24-21(15)22(18)27;22-16-9-6-15(7-10-16)19(25-18-5-1-2-12-23-18)17-11-8-14-4-3-13-24-20(14)21(17)26/h3-13,22,27-28H,1-2H3,(H,24,26);2-13,20,27H,1H3,(H,25,26);1-13,19,26H,(H,23,25). The molecule has 0 radical (unpaired) electrons. The highest BCUT2D eigenvalue weighted by Crippen LogP contribution is 2.41. The van der Waals surface area contributed by atoms with Crippen molar-refractivity contribution >= 4 is 77.7 Å². The van der Waals surface area contributed by atoms with E-state index in [2.05, 4.69) is 61.8 Å². The molecule has 7 N–H and O–H groups in total. The van der Waals surface area contributed by atoms with E-state index < -0.39 is 6.04 Å². The van der Waals surface area contributed by atoms with Gasteiger partial charge in [0.05, 0.1) is 18.1 Å². The van der Waals surface area contributed by atoms with E-state index in [9.17, 15) is 20.4 Å². The Morgan fingerprint density at radius 1 is 0.395 bits per heavy atom. The van der Waals surface area contributed by atoms with Crippen LogP contribution >= 0.6 is 27.5 Å². The Morgan fingerprint density at radius 2 is 0.877 bits per heavy atom. The van der Waals surface area contributed by atoms with Crippen LogP contribution in [0.4, 0.5) is 17.5 Å². The molecular weight excluding hydrogens is 1100 g/mol. The topological polar surface area (TPSA) is 194 Å². The van der Waals surface area contributed by atoms with Crippen LogP contribution in [0.2, 0.25) is 5.02 Å². The minimum atomic E-state index is -0.499. The molecule has 0 amide bonds. The molecular formula is C66H55BrClN9O4. The molecule has 13 nitrogen and oxygen atoms in total. The summed E-state index contributed by atoms with van der Waals surface area (Å²) in [5.74, 6) is 2.70. The first-order valence-corrected chi connectivity index (χ1v) is 27.1. The molecule has 15 heteroatoms. The fraction of sp³-hybridized carbons (Fsp3) is 0.0909. The number of hydrogen-bond donors (Lipinski definition) is 7. The second-order valence-electron chi connectivity index (χ2n) is 19.2. The number of hydrogen-bond acceptors (Lipinski definition) is 13. The molecule has 0 fully saturated rings. The van der Waals surface area contributed by atoms with Gasteiger partial charge < -0.3 is 36.4 Å². The summed E-state index contributed by atoms with van der Waals surface area (Å²) in [5.41, 5.74) is 9.43. The maximum Gasteiger partial charge on any atom is 0.147 e. The average Bonchev–Trinajstić information content (AvgIpc) is 3.48. The van der Waals surface area contributed by atoms with Crippen molar-refractivity contribution in [2.75, 3.05) is 16.0 Å². The third-order valence-corrected chi connectivity index (χ3v) is 14.3. The van der Waals surface area contributed by atoms with E-state index in [1.165, 1.54) is 0 Å². The van der Waals surface area contributed by atoms with E-state index in [1.807, 2.05) is 203 Å². The van der Waals surface area contributed by atoms with Gasteiger partial charge in [-0.2, -0.15) is 0 Å². The SMILES string of the molecule is Cc1cccc(NC(c2ccc(Cl)cc2)c2ccc3cccnc3c2O)n1.Cc1ccnc(NC(c2cc(C)ccc2O)c2ccc3cccnc3c2O)c1.Oc1c(C(Nc2ccccn2)c2ccc(Br)cc2)ccc2cccnc12. The largest absolute Gasteiger partial charge is 0.508 e. The number of halogens is 2. The lowest BCUT2D eigenvalue weighted by Gasteiger charge is -2.23. The summed E-state index contributed by atoms with van der Waals surface area (Å²) in [6.45, 7) is 5.90. The average molecular weight is 1150 g/mol. The van der Waals surface area contributed by atoms with Crippen LogP contribution in [0.5, 0.6) is 23.0 Å². The Morgan fingerprint density at radius 3 is 1.41 bits per heavy atom. The zero-order chi connectivity index (χ0) is 56.4. The van der Waals surface area contributed by atoms with Crippen LogP contribution in [0.3, 0.4) is 0 Å². The summed E-state index contributed by atoms with van der Waals surface area (Å²) < 4.78 is 1.00. The van der Waals surface area contributed by atoms with Crippen molar-refractivity contribution < 1.29 is 20.4 Å². The quantitative estimate of drug-likeness (QED) is 0.0611. The summed E-state index contributed by atoms with van der Waals surface area (Å²) >= 11 is 9.53. The molecule has 0 spiro atoms. The van der Waals surface area contributed by atoms with Gasteiger partial charge in [-0.1, -0.05) is 130 Å². The number of aromatic nitrogens is 6. The highest BCUT2D eigenvalue weighted by Gasteiger charge is 2.25. The summed E-state index contributed by atoms with van der Waals surface area (Å²) in [6, 6.07) is 58.2. The van der Waals surface area contributed by atoms with Gasteiger partial charge in [0.1, 0.15) is 57.0 Å². The van der Waals surface area contributed by atoms with E-state index in [4.69, 9.17) is 11.6 Å². The van der Waals surface area contributed by atoms with Crippen LogP contribution in [0, 0.1) is 20.8 Å². The summed E-state index contributed by atoms with van der Waals surface area (Å²) in [7, 11) is 0. The highest BCUT2D eigenvalue weighted by molar-refractivity contribution is 9.10. The molecule has 81 heavy (non-hydrogen) atoms. The number of pyridine rings is 6. The predicted molar refractivity (Wildman–Crippen MR) is 327 cm³/mol. The summed E-state index contributed by atoms with van der Waals surface area (Å²) in [6.07, 6.45) is 8.49. The van der Waals surface area contributed by atoms with Gasteiger partial charge in [0, 0.05) is 84.6 Å². The molecule has 3 unspecified atom stereocenters. The number of benzene rings is 6. The van der Waals surface area contributed by atoms with Crippen molar-refractivity contribution in [3.63, 3.8) is 0 Å². The van der Waals surface area contributed by atoms with Gasteiger partial charge >= 0.3 is 0 Å². The van der Waals surface area contributed by atoms with Crippen LogP contribution in [0.1, 0.15) is 68.3 Å². The van der Waals surface area contributed by atoms with Crippen molar-refractivity contribution in [2.45, 2.75) is 38.9 Å². The fourth-order valence-electron chi connectivity index (χ4n) is 9.49. The molecule has 12 rings (SSSR count). The molecule has 6 aromatic carbocycles. The van der Waals surface area contributed by atoms with Gasteiger partial charge in [-0.15, -0.1) is 0 Å². The van der Waals surface area contributed by atoms with Crippen molar-refractivity contribution in [1.82, 2.24) is 29.9 Å². The lowest BCUT2D eigenvalue weighted by molar-refractivity contribution is 0.459. The second-order valence-corrected chi connectivity index (χ2v) is 20.6. The lowest BCUT2D eigenvalue weighted by Crippen LogP contribution is -2.14. The number of nitrogens with one attached hydrogen (secondary N) is 3. The number of rotatable bonds is 12. The molecule has 0 bridgehead atoms. The van der Waals surface area contributed by atoms with Gasteiger partial charge in [0.15, 0.2) is 0 Å². The van der Waals surface area contributed by atoms with Crippen LogP contribution in [0.25, 0.3) is 32.7 Å². The third-order valence-electron chi connectivity index (χ3n) is 13.5. The zero-order valence-corrected chi connectivity index (χ0v) is 46.6. The Bertz CT molecular complexity index is 4140. The molecule has 6 aromatic heterocycles. The van der Waals surface area contributed by atoms with Crippen molar-refractivity contribution in [1.29, 1.82) is 0 Å². The minimum Gasteiger partial charge on any atom is -0.508 e. The van der Waals surface area contributed by atoms with Gasteiger partial charge in [0.2, 0.25) is 0 Å². The van der Waals surface area contributed by atoms with E-state index in [1.54, 1.807) is 37.1 Å². The van der Waals surface area contributed by atoms with Gasteiger partial charge in [-0.05, 0) is 128 Å². The number of anilines is 3. The molecule has 3 atom stereocenters. The highest BCUT2D eigenvalue weighted by atomic mass is 79.9. The first kappa shape index (κ1) is 54.7. The number of aromatic hydroxyl groups is 4. The molecule has 0 aliphatic carbocycles. The Labute approximate surface area is 481 Å². The molecule has 0 saturated carbocycles. The monoisotopic (exact) mass is 1150 g/mol. The zero-order valence-electron chi connectivity index (χ0n) is 44.2. The lowest BCUT2D eigenvalue weighted by atomic mass is 9.94. The Hall–Kier alpha value is -9.63. The molecule has 0 aliphatic rings. The molecule has 402 valence electrons. The Balaban J connectivity index is 0.000000136. The van der Waals surface area contributed by atoms with E-state index >= 15 is 0 Å². The minimum absolute atomic E-state index is 0.0872. The van der Waals surface area contributed by atoms with Crippen LogP contribution in [-0.4, -0.2) is 50.3 Å². The normalized spacial score (nSPS) is 12.1. The maximum atomic E-state index is 11.0. The van der Waals surface area contributed by atoms with Crippen LogP contribution in [-0.2, 0) is 0 Å². The second kappa shape index (κ2) is 25.0. The smallest absolute Gasteiger partial charge is 0.147 e. The van der Waals surface area contributed by atoms with Crippen molar-refractivity contribution in [3.8, 4) is 23.0 Å². The summed E-state index contributed by atoms with van der Waals surface area (Å²) in [4.78, 5) is 26.3. The predicted octanol–water partition coefficient (Wildman–Crippen LogP) is 15.7. The molecule has 12 aromatic rings. The first-order chi connectivity index (χ1) is 39.4. The van der Waals surface area contributed by atoms with Crippen molar-refractivity contribution in [3.05, 3.63) is 279 Å². The Kier molecular flexibility index (Phi) is 16.9. The van der Waals surface area contributed by atoms with E-state index in [-0.39, 0.29) is 35.1 Å². The fourth-order valence-corrected chi connectivity index (χ4v) is 9.88. The van der Waals surface area contributed by atoms with Crippen molar-refractivity contribution in [2.24, 2.45) is 0 Å². The number of fused-ring (bicyclic) bond motifs is 3. The van der Waals surface area contributed by atoms with E-state index in [0.29, 0.717) is 38.5 Å². The third kappa shape index (κ3) is 13.0.